The van der Waals surface area contributed by atoms with Gasteiger partial charge < -0.3 is 9.72 Å². The largest absolute Gasteiger partial charge is 0.373 e. The number of fused-ring (bicyclic) bond motifs is 2. The molecule has 1 N–H and O–H groups in total. The molecule has 2 aromatic heterocycles. The molecule has 4 rings (SSSR count). The molecule has 7 heteroatoms. The van der Waals surface area contributed by atoms with Crippen LogP contribution < -0.4 is 5.56 Å². The standard InChI is InChI=1S/C14H17N3O2S2/c18-13-12-11(3-5-21-12)15-14(20)17(13)7-10-6-16-4-1-2-9(16)8-19-10/h3,5,9-10H,1-2,4,6-8H2,(H,15,20). The average Bonchev–Trinajstić information content (AvgIpc) is 3.11. The van der Waals surface area contributed by atoms with E-state index in [1.54, 1.807) is 4.57 Å². The Morgan fingerprint density at radius 1 is 1.52 bits per heavy atom. The monoisotopic (exact) mass is 323 g/mol. The van der Waals surface area contributed by atoms with Crippen LogP contribution in [-0.4, -0.2) is 46.3 Å². The molecular formula is C14H17N3O2S2. The molecule has 2 unspecified atom stereocenters. The number of hydrogen-bond donors (Lipinski definition) is 1. The molecule has 0 aliphatic carbocycles. The maximum atomic E-state index is 12.5. The lowest BCUT2D eigenvalue weighted by atomic mass is 10.2. The molecule has 2 aliphatic heterocycles. The minimum absolute atomic E-state index is 0.00380. The fraction of sp³-hybridized carbons (Fsp3) is 0.571. The summed E-state index contributed by atoms with van der Waals surface area (Å²) in [4.78, 5) is 18.1. The van der Waals surface area contributed by atoms with Crippen LogP contribution in [0.3, 0.4) is 0 Å². The lowest BCUT2D eigenvalue weighted by Gasteiger charge is -2.35. The van der Waals surface area contributed by atoms with E-state index in [1.165, 1.54) is 24.2 Å². The van der Waals surface area contributed by atoms with Gasteiger partial charge >= 0.3 is 0 Å². The van der Waals surface area contributed by atoms with Crippen LogP contribution in [0.5, 0.6) is 0 Å². The molecule has 2 saturated heterocycles. The van der Waals surface area contributed by atoms with E-state index < -0.39 is 0 Å². The van der Waals surface area contributed by atoms with Crippen molar-refractivity contribution in [3.8, 4) is 0 Å². The van der Waals surface area contributed by atoms with Gasteiger partial charge in [0.05, 0.1) is 24.8 Å². The average molecular weight is 323 g/mol. The zero-order valence-electron chi connectivity index (χ0n) is 11.6. The number of H-pyrrole nitrogens is 1. The first kappa shape index (κ1) is 13.6. The van der Waals surface area contributed by atoms with Crippen LogP contribution in [0, 0.1) is 4.77 Å². The zero-order valence-corrected chi connectivity index (χ0v) is 13.2. The summed E-state index contributed by atoms with van der Waals surface area (Å²) in [6.07, 6.45) is 2.53. The normalized spacial score (nSPS) is 26.3. The highest BCUT2D eigenvalue weighted by Gasteiger charge is 2.32. The van der Waals surface area contributed by atoms with Crippen LogP contribution in [0.4, 0.5) is 0 Å². The molecule has 0 bridgehead atoms. The van der Waals surface area contributed by atoms with Crippen LogP contribution in [-0.2, 0) is 11.3 Å². The molecule has 2 atom stereocenters. The predicted molar refractivity (Wildman–Crippen MR) is 85.6 cm³/mol. The van der Waals surface area contributed by atoms with Crippen LogP contribution in [0.2, 0.25) is 0 Å². The Labute approximate surface area is 131 Å². The number of morpholine rings is 1. The van der Waals surface area contributed by atoms with Gasteiger partial charge in [-0.05, 0) is 43.1 Å². The first-order valence-electron chi connectivity index (χ1n) is 7.28. The Morgan fingerprint density at radius 2 is 2.43 bits per heavy atom. The van der Waals surface area contributed by atoms with Crippen molar-refractivity contribution in [3.05, 3.63) is 26.6 Å². The molecule has 0 amide bonds. The van der Waals surface area contributed by atoms with Crippen LogP contribution in [0.25, 0.3) is 10.2 Å². The van der Waals surface area contributed by atoms with Crippen LogP contribution >= 0.6 is 23.6 Å². The number of aromatic amines is 1. The summed E-state index contributed by atoms with van der Waals surface area (Å²) in [5.41, 5.74) is 0.825. The minimum Gasteiger partial charge on any atom is -0.373 e. The third-order valence-electron chi connectivity index (χ3n) is 4.44. The van der Waals surface area contributed by atoms with E-state index in [0.29, 0.717) is 17.4 Å². The Morgan fingerprint density at radius 3 is 3.33 bits per heavy atom. The molecule has 21 heavy (non-hydrogen) atoms. The van der Waals surface area contributed by atoms with Gasteiger partial charge in [-0.25, -0.2) is 0 Å². The van der Waals surface area contributed by atoms with Crippen molar-refractivity contribution in [3.63, 3.8) is 0 Å². The third-order valence-corrected chi connectivity index (χ3v) is 5.66. The Kier molecular flexibility index (Phi) is 3.45. The van der Waals surface area contributed by atoms with Gasteiger partial charge in [-0.15, -0.1) is 11.3 Å². The fourth-order valence-corrected chi connectivity index (χ4v) is 4.40. The van der Waals surface area contributed by atoms with Gasteiger partial charge in [0, 0.05) is 12.6 Å². The molecule has 4 heterocycles. The summed E-state index contributed by atoms with van der Waals surface area (Å²) in [5, 5.41) is 1.91. The molecule has 2 fully saturated rings. The molecule has 2 aromatic rings. The van der Waals surface area contributed by atoms with E-state index in [1.807, 2.05) is 11.4 Å². The van der Waals surface area contributed by atoms with E-state index in [9.17, 15) is 4.79 Å². The SMILES string of the molecule is O=c1c2sccc2[nH]c(=S)n1CC1CN2CCCC2CO1. The highest BCUT2D eigenvalue weighted by molar-refractivity contribution is 7.71. The van der Waals surface area contributed by atoms with E-state index in [2.05, 4.69) is 9.88 Å². The number of ether oxygens (including phenoxy) is 1. The molecule has 2 aliphatic rings. The predicted octanol–water partition coefficient (Wildman–Crippen LogP) is 1.98. The smallest absolute Gasteiger partial charge is 0.272 e. The summed E-state index contributed by atoms with van der Waals surface area (Å²) in [5.74, 6) is 0. The molecule has 0 radical (unpaired) electrons. The van der Waals surface area contributed by atoms with Gasteiger partial charge in [0.2, 0.25) is 0 Å². The molecule has 0 spiro atoms. The lowest BCUT2D eigenvalue weighted by molar-refractivity contribution is -0.0557. The lowest BCUT2D eigenvalue weighted by Crippen LogP contribution is -2.48. The quantitative estimate of drug-likeness (QED) is 0.859. The van der Waals surface area contributed by atoms with Gasteiger partial charge in [0.25, 0.3) is 5.56 Å². The maximum Gasteiger partial charge on any atom is 0.272 e. The minimum atomic E-state index is -0.00380. The number of rotatable bonds is 2. The summed E-state index contributed by atoms with van der Waals surface area (Å²) >= 11 is 6.79. The van der Waals surface area contributed by atoms with Gasteiger partial charge in [-0.1, -0.05) is 0 Å². The van der Waals surface area contributed by atoms with E-state index in [-0.39, 0.29) is 11.7 Å². The highest BCUT2D eigenvalue weighted by atomic mass is 32.1. The summed E-state index contributed by atoms with van der Waals surface area (Å²) < 4.78 is 8.81. The Hall–Kier alpha value is -1.02. The zero-order chi connectivity index (χ0) is 14.4. The summed E-state index contributed by atoms with van der Waals surface area (Å²) in [7, 11) is 0. The van der Waals surface area contributed by atoms with Crippen LogP contribution in [0.1, 0.15) is 12.8 Å². The van der Waals surface area contributed by atoms with Crippen molar-refractivity contribution in [1.82, 2.24) is 14.5 Å². The summed E-state index contributed by atoms with van der Waals surface area (Å²) in [6.45, 7) is 3.35. The molecule has 0 saturated carbocycles. The first-order valence-corrected chi connectivity index (χ1v) is 8.57. The van der Waals surface area contributed by atoms with Crippen molar-refractivity contribution < 1.29 is 4.74 Å². The molecule has 112 valence electrons. The molecule has 5 nitrogen and oxygen atoms in total. The Balaban J connectivity index is 1.62. The van der Waals surface area contributed by atoms with Crippen molar-refractivity contribution >= 4 is 33.8 Å². The van der Waals surface area contributed by atoms with Gasteiger partial charge in [0.15, 0.2) is 4.77 Å². The van der Waals surface area contributed by atoms with Gasteiger partial charge in [-0.3, -0.25) is 14.3 Å². The van der Waals surface area contributed by atoms with E-state index >= 15 is 0 Å². The van der Waals surface area contributed by atoms with Gasteiger partial charge in [0.1, 0.15) is 4.70 Å². The number of nitrogens with one attached hydrogen (secondary N) is 1. The van der Waals surface area contributed by atoms with Crippen molar-refractivity contribution in [2.24, 2.45) is 0 Å². The van der Waals surface area contributed by atoms with Crippen molar-refractivity contribution in [1.29, 1.82) is 0 Å². The number of hydrogen-bond acceptors (Lipinski definition) is 5. The van der Waals surface area contributed by atoms with E-state index in [0.717, 1.165) is 29.9 Å². The highest BCUT2D eigenvalue weighted by Crippen LogP contribution is 2.23. The topological polar surface area (TPSA) is 50.3 Å². The van der Waals surface area contributed by atoms with Crippen molar-refractivity contribution in [2.75, 3.05) is 19.7 Å². The number of nitrogens with zero attached hydrogens (tertiary/aromatic N) is 2. The first-order chi connectivity index (χ1) is 10.2. The number of thiophene rings is 1. The van der Waals surface area contributed by atoms with Gasteiger partial charge in [-0.2, -0.15) is 0 Å². The third kappa shape index (κ3) is 2.38. The van der Waals surface area contributed by atoms with Crippen molar-refractivity contribution in [2.45, 2.75) is 31.5 Å². The molecular weight excluding hydrogens is 306 g/mol. The maximum absolute atomic E-state index is 12.5. The summed E-state index contributed by atoms with van der Waals surface area (Å²) in [6, 6.07) is 2.47. The number of aromatic nitrogens is 2. The Bertz CT molecular complexity index is 778. The second kappa shape index (κ2) is 5.31. The fourth-order valence-electron chi connectivity index (χ4n) is 3.34. The second-order valence-electron chi connectivity index (χ2n) is 5.76. The second-order valence-corrected chi connectivity index (χ2v) is 7.06. The molecule has 0 aromatic carbocycles. The van der Waals surface area contributed by atoms with E-state index in [4.69, 9.17) is 17.0 Å². The van der Waals surface area contributed by atoms with Crippen LogP contribution in [0.15, 0.2) is 16.2 Å².